The van der Waals surface area contributed by atoms with Crippen LogP contribution in [0.3, 0.4) is 0 Å². The highest BCUT2D eigenvalue weighted by Crippen LogP contribution is 2.50. The van der Waals surface area contributed by atoms with Crippen LogP contribution >= 0.6 is 0 Å². The maximum Gasteiger partial charge on any atom is 0.245 e. The van der Waals surface area contributed by atoms with Crippen molar-refractivity contribution in [1.82, 2.24) is 20.0 Å². The van der Waals surface area contributed by atoms with Gasteiger partial charge in [0.15, 0.2) is 0 Å². The number of hydrogen-bond acceptors (Lipinski definition) is 4. The SMILES string of the molecule is CC(C)CC1NCCN([C@@H](CC(C)C)C(=O)N2CCC3(CC2)CC(N(C)C)C3)C1=O. The monoisotopic (exact) mass is 420 g/mol. The molecule has 6 heteroatoms. The molecule has 2 aliphatic heterocycles. The number of carbonyl (C=O) groups is 2. The van der Waals surface area contributed by atoms with E-state index in [9.17, 15) is 9.59 Å². The van der Waals surface area contributed by atoms with E-state index in [2.05, 4.69) is 56.9 Å². The summed E-state index contributed by atoms with van der Waals surface area (Å²) in [6, 6.07) is 0.250. The number of hydrogen-bond donors (Lipinski definition) is 1. The van der Waals surface area contributed by atoms with Gasteiger partial charge in [-0.25, -0.2) is 0 Å². The van der Waals surface area contributed by atoms with Gasteiger partial charge in [-0.05, 0) is 69.9 Å². The van der Waals surface area contributed by atoms with Gasteiger partial charge in [-0.15, -0.1) is 0 Å². The zero-order chi connectivity index (χ0) is 22.1. The molecule has 3 fully saturated rings. The van der Waals surface area contributed by atoms with Crippen molar-refractivity contribution in [3.63, 3.8) is 0 Å². The standard InChI is InChI=1S/C24H44N4O2/c1-17(2)13-20-22(29)28(12-9-25-20)21(14-18(3)4)23(30)27-10-7-24(8-11-27)15-19(16-24)26(5)6/h17-21,25H,7-16H2,1-6H3/t20?,21-/m0/s1. The summed E-state index contributed by atoms with van der Waals surface area (Å²) in [5.41, 5.74) is 0.451. The number of nitrogens with one attached hydrogen (secondary N) is 1. The summed E-state index contributed by atoms with van der Waals surface area (Å²) < 4.78 is 0. The second-order valence-electron chi connectivity index (χ2n) is 11.2. The van der Waals surface area contributed by atoms with Crippen LogP contribution in [0.2, 0.25) is 0 Å². The minimum absolute atomic E-state index is 0.121. The molecule has 0 bridgehead atoms. The van der Waals surface area contributed by atoms with Crippen molar-refractivity contribution in [1.29, 1.82) is 0 Å². The van der Waals surface area contributed by atoms with Crippen LogP contribution in [0, 0.1) is 17.3 Å². The average molecular weight is 421 g/mol. The molecule has 6 nitrogen and oxygen atoms in total. The van der Waals surface area contributed by atoms with Gasteiger partial charge in [-0.1, -0.05) is 27.7 Å². The van der Waals surface area contributed by atoms with Crippen LogP contribution < -0.4 is 5.32 Å². The number of piperazine rings is 1. The van der Waals surface area contributed by atoms with Crippen molar-refractivity contribution in [3.05, 3.63) is 0 Å². The second kappa shape index (κ2) is 9.56. The fourth-order valence-electron chi connectivity index (χ4n) is 5.66. The Morgan fingerprint density at radius 1 is 1.10 bits per heavy atom. The molecular formula is C24H44N4O2. The molecule has 3 aliphatic rings. The second-order valence-corrected chi connectivity index (χ2v) is 11.2. The highest BCUT2D eigenvalue weighted by atomic mass is 16.2. The molecular weight excluding hydrogens is 376 g/mol. The first-order chi connectivity index (χ1) is 14.1. The summed E-state index contributed by atoms with van der Waals surface area (Å²) in [5.74, 6) is 1.14. The molecule has 2 heterocycles. The summed E-state index contributed by atoms with van der Waals surface area (Å²) in [7, 11) is 4.34. The van der Waals surface area contributed by atoms with Crippen LogP contribution in [0.25, 0.3) is 0 Å². The van der Waals surface area contributed by atoms with E-state index in [0.717, 1.165) is 45.3 Å². The van der Waals surface area contributed by atoms with E-state index < -0.39 is 0 Å². The van der Waals surface area contributed by atoms with Gasteiger partial charge in [0.2, 0.25) is 11.8 Å². The summed E-state index contributed by atoms with van der Waals surface area (Å²) in [6.07, 6.45) is 6.35. The van der Waals surface area contributed by atoms with Gasteiger partial charge in [-0.3, -0.25) is 9.59 Å². The van der Waals surface area contributed by atoms with Crippen molar-refractivity contribution < 1.29 is 9.59 Å². The van der Waals surface area contributed by atoms with Crippen LogP contribution in [0.4, 0.5) is 0 Å². The van der Waals surface area contributed by atoms with Crippen molar-refractivity contribution >= 4 is 11.8 Å². The Balaban J connectivity index is 1.64. The number of amides is 2. The molecule has 1 unspecified atom stereocenters. The predicted octanol–water partition coefficient (Wildman–Crippen LogP) is 2.58. The third-order valence-corrected chi connectivity index (χ3v) is 7.59. The summed E-state index contributed by atoms with van der Waals surface area (Å²) in [5, 5.41) is 3.38. The highest BCUT2D eigenvalue weighted by molar-refractivity contribution is 5.90. The fourth-order valence-corrected chi connectivity index (χ4v) is 5.66. The van der Waals surface area contributed by atoms with Gasteiger partial charge in [0.1, 0.15) is 6.04 Å². The van der Waals surface area contributed by atoms with Gasteiger partial charge in [-0.2, -0.15) is 0 Å². The minimum atomic E-state index is -0.306. The third kappa shape index (κ3) is 5.18. The van der Waals surface area contributed by atoms with E-state index in [1.165, 1.54) is 12.8 Å². The Kier molecular flexibility index (Phi) is 7.49. The molecule has 0 radical (unpaired) electrons. The molecule has 3 rings (SSSR count). The summed E-state index contributed by atoms with van der Waals surface area (Å²) in [4.78, 5) is 33.1. The van der Waals surface area contributed by atoms with Crippen molar-refractivity contribution in [2.24, 2.45) is 17.3 Å². The molecule has 2 atom stereocenters. The van der Waals surface area contributed by atoms with Gasteiger partial charge in [0.05, 0.1) is 6.04 Å². The molecule has 0 aromatic rings. The van der Waals surface area contributed by atoms with E-state index in [0.29, 0.717) is 29.8 Å². The molecule has 0 aromatic heterocycles. The van der Waals surface area contributed by atoms with Crippen LogP contribution in [0.1, 0.15) is 66.2 Å². The van der Waals surface area contributed by atoms with E-state index in [-0.39, 0.29) is 23.9 Å². The lowest BCUT2D eigenvalue weighted by molar-refractivity contribution is -0.152. The Morgan fingerprint density at radius 2 is 1.73 bits per heavy atom. The summed E-state index contributed by atoms with van der Waals surface area (Å²) in [6.45, 7) is 11.7. The molecule has 1 aliphatic carbocycles. The van der Waals surface area contributed by atoms with E-state index >= 15 is 0 Å². The molecule has 1 N–H and O–H groups in total. The van der Waals surface area contributed by atoms with E-state index in [1.807, 2.05) is 4.90 Å². The first kappa shape index (κ1) is 23.5. The van der Waals surface area contributed by atoms with Gasteiger partial charge < -0.3 is 20.0 Å². The minimum Gasteiger partial charge on any atom is -0.341 e. The number of carbonyl (C=O) groups excluding carboxylic acids is 2. The topological polar surface area (TPSA) is 55.9 Å². The zero-order valence-electron chi connectivity index (χ0n) is 20.1. The van der Waals surface area contributed by atoms with Gasteiger partial charge in [0, 0.05) is 32.2 Å². The highest BCUT2D eigenvalue weighted by Gasteiger charge is 2.48. The first-order valence-electron chi connectivity index (χ1n) is 12.1. The Labute approximate surface area is 183 Å². The third-order valence-electron chi connectivity index (χ3n) is 7.59. The van der Waals surface area contributed by atoms with E-state index in [1.54, 1.807) is 0 Å². The summed E-state index contributed by atoms with van der Waals surface area (Å²) >= 11 is 0. The Morgan fingerprint density at radius 3 is 2.27 bits per heavy atom. The predicted molar refractivity (Wildman–Crippen MR) is 121 cm³/mol. The Hall–Kier alpha value is -1.14. The number of rotatable bonds is 7. The maximum atomic E-state index is 13.6. The number of likely N-dealkylation sites (tertiary alicyclic amines) is 1. The molecule has 172 valence electrons. The average Bonchev–Trinajstić information content (AvgIpc) is 2.65. The molecule has 0 aromatic carbocycles. The molecule has 1 saturated carbocycles. The lowest BCUT2D eigenvalue weighted by Gasteiger charge is -2.54. The quantitative estimate of drug-likeness (QED) is 0.688. The molecule has 2 amide bonds. The van der Waals surface area contributed by atoms with Crippen molar-refractivity contribution in [2.75, 3.05) is 40.3 Å². The normalized spacial score (nSPS) is 26.0. The van der Waals surface area contributed by atoms with Crippen LogP contribution in [0.15, 0.2) is 0 Å². The largest absolute Gasteiger partial charge is 0.341 e. The number of nitrogens with zero attached hydrogens (tertiary/aromatic N) is 3. The maximum absolute atomic E-state index is 13.6. The fraction of sp³-hybridized carbons (Fsp3) is 0.917. The number of piperidine rings is 1. The molecule has 1 spiro atoms. The van der Waals surface area contributed by atoms with Crippen molar-refractivity contribution in [3.8, 4) is 0 Å². The van der Waals surface area contributed by atoms with E-state index in [4.69, 9.17) is 0 Å². The zero-order valence-corrected chi connectivity index (χ0v) is 20.1. The van der Waals surface area contributed by atoms with Gasteiger partial charge in [0.25, 0.3) is 0 Å². The molecule has 30 heavy (non-hydrogen) atoms. The van der Waals surface area contributed by atoms with Crippen LogP contribution in [0.5, 0.6) is 0 Å². The Bertz CT molecular complexity index is 602. The first-order valence-corrected chi connectivity index (χ1v) is 12.1. The van der Waals surface area contributed by atoms with Crippen LogP contribution in [-0.4, -0.2) is 84.9 Å². The van der Waals surface area contributed by atoms with Crippen LogP contribution in [-0.2, 0) is 9.59 Å². The van der Waals surface area contributed by atoms with Crippen molar-refractivity contribution in [2.45, 2.75) is 84.3 Å². The molecule has 2 saturated heterocycles. The lowest BCUT2D eigenvalue weighted by Crippen LogP contribution is -2.62. The lowest BCUT2D eigenvalue weighted by atomic mass is 9.60. The smallest absolute Gasteiger partial charge is 0.245 e. The van der Waals surface area contributed by atoms with Gasteiger partial charge >= 0.3 is 0 Å².